The van der Waals surface area contributed by atoms with E-state index in [9.17, 15) is 4.79 Å². The molecule has 7 heteroatoms. The van der Waals surface area contributed by atoms with Gasteiger partial charge in [0, 0.05) is 19.1 Å². The maximum atomic E-state index is 12.3. The number of nitrogens with zero attached hydrogens (tertiary/aromatic N) is 1. The third-order valence-corrected chi connectivity index (χ3v) is 4.91. The normalized spacial score (nSPS) is 14.3. The average molecular weight is 409 g/mol. The number of hydrogen-bond acceptors (Lipinski definition) is 6. The van der Waals surface area contributed by atoms with Crippen LogP contribution in [0.2, 0.25) is 0 Å². The Bertz CT molecular complexity index is 842. The van der Waals surface area contributed by atoms with Gasteiger partial charge in [0.2, 0.25) is 0 Å². The third kappa shape index (κ3) is 6.34. The first-order valence-electron chi connectivity index (χ1n) is 9.93. The van der Waals surface area contributed by atoms with E-state index in [4.69, 9.17) is 14.0 Å². The maximum Gasteiger partial charge on any atom is 0.493 e. The Kier molecular flexibility index (Phi) is 8.14. The molecule has 1 fully saturated rings. The second kappa shape index (κ2) is 11.0. The van der Waals surface area contributed by atoms with Crippen LogP contribution in [-0.2, 0) is 9.31 Å². The molecular formula is C22H24BNO4S. The quantitative estimate of drug-likeness (QED) is 0.160. The van der Waals surface area contributed by atoms with Gasteiger partial charge in [0.25, 0.3) is 0 Å². The second-order valence-corrected chi connectivity index (χ2v) is 7.25. The Morgan fingerprint density at radius 3 is 2.45 bits per heavy atom. The summed E-state index contributed by atoms with van der Waals surface area (Å²) in [6.45, 7) is 3.62. The van der Waals surface area contributed by atoms with E-state index in [2.05, 4.69) is 29.3 Å². The number of hydrogen-bond donors (Lipinski definition) is 0. The number of isothiocyanates is 1. The lowest BCUT2D eigenvalue weighted by atomic mass is 9.77. The van der Waals surface area contributed by atoms with Gasteiger partial charge in [-0.05, 0) is 60.5 Å². The number of benzene rings is 2. The Balaban J connectivity index is 1.52. The number of esters is 1. The van der Waals surface area contributed by atoms with E-state index < -0.39 is 5.97 Å². The Morgan fingerprint density at radius 1 is 1.14 bits per heavy atom. The molecule has 0 saturated carbocycles. The van der Waals surface area contributed by atoms with Crippen LogP contribution in [0.4, 0.5) is 5.69 Å². The minimum atomic E-state index is -0.427. The molecule has 0 N–H and O–H groups in total. The minimum Gasteiger partial charge on any atom is -0.423 e. The molecule has 2 aromatic carbocycles. The van der Waals surface area contributed by atoms with Gasteiger partial charge >= 0.3 is 13.1 Å². The predicted molar refractivity (Wildman–Crippen MR) is 117 cm³/mol. The van der Waals surface area contributed by atoms with E-state index in [0.29, 0.717) is 36.1 Å². The van der Waals surface area contributed by atoms with Crippen LogP contribution in [0.3, 0.4) is 0 Å². The van der Waals surface area contributed by atoms with Crippen molar-refractivity contribution in [3.63, 3.8) is 0 Å². The number of carbonyl (C=O) groups excluding carboxylic acids is 1. The van der Waals surface area contributed by atoms with E-state index in [1.54, 1.807) is 36.4 Å². The zero-order valence-electron chi connectivity index (χ0n) is 16.5. The summed E-state index contributed by atoms with van der Waals surface area (Å²) < 4.78 is 17.1. The van der Waals surface area contributed by atoms with Crippen molar-refractivity contribution in [2.45, 2.75) is 32.6 Å². The number of aliphatic imine (C=N–C) groups is 1. The molecule has 0 spiro atoms. The van der Waals surface area contributed by atoms with Gasteiger partial charge in [0.15, 0.2) is 0 Å². The smallest absolute Gasteiger partial charge is 0.423 e. The molecule has 1 heterocycles. The molecule has 29 heavy (non-hydrogen) atoms. The summed E-state index contributed by atoms with van der Waals surface area (Å²) in [4.78, 5) is 16.2. The summed E-state index contributed by atoms with van der Waals surface area (Å²) in [6.07, 6.45) is 4.84. The van der Waals surface area contributed by atoms with Crippen molar-refractivity contribution in [3.8, 4) is 5.75 Å². The number of rotatable bonds is 8. The van der Waals surface area contributed by atoms with E-state index in [-0.39, 0.29) is 7.12 Å². The van der Waals surface area contributed by atoms with Gasteiger partial charge in [0.1, 0.15) is 5.75 Å². The van der Waals surface area contributed by atoms with Crippen LogP contribution in [0.1, 0.15) is 43.0 Å². The summed E-state index contributed by atoms with van der Waals surface area (Å²) in [5.41, 5.74) is 2.02. The van der Waals surface area contributed by atoms with Crippen molar-refractivity contribution in [1.82, 2.24) is 0 Å². The number of ether oxygens (including phenoxy) is 1. The third-order valence-electron chi connectivity index (χ3n) is 4.82. The highest BCUT2D eigenvalue weighted by Gasteiger charge is 2.29. The zero-order valence-corrected chi connectivity index (χ0v) is 17.3. The SMILES string of the molecule is CCCCCC1COB(c2ccc(C(=O)Oc3ccc(N=C=S)cc3)cc2)OC1. The van der Waals surface area contributed by atoms with E-state index in [0.717, 1.165) is 11.9 Å². The molecule has 0 aliphatic carbocycles. The van der Waals surface area contributed by atoms with Crippen molar-refractivity contribution in [2.24, 2.45) is 10.9 Å². The molecule has 0 bridgehead atoms. The highest BCUT2D eigenvalue weighted by molar-refractivity contribution is 7.78. The van der Waals surface area contributed by atoms with Crippen LogP contribution in [0, 0.1) is 5.92 Å². The van der Waals surface area contributed by atoms with E-state index >= 15 is 0 Å². The summed E-state index contributed by atoms with van der Waals surface area (Å²) in [5.74, 6) is 0.479. The van der Waals surface area contributed by atoms with Crippen LogP contribution >= 0.6 is 12.2 Å². The van der Waals surface area contributed by atoms with Gasteiger partial charge in [0.05, 0.1) is 16.4 Å². The topological polar surface area (TPSA) is 57.1 Å². The minimum absolute atomic E-state index is 0.378. The monoisotopic (exact) mass is 409 g/mol. The van der Waals surface area contributed by atoms with Crippen LogP contribution in [0.25, 0.3) is 0 Å². The first kappa shape index (κ1) is 21.4. The maximum absolute atomic E-state index is 12.3. The lowest BCUT2D eigenvalue weighted by Crippen LogP contribution is -2.44. The van der Waals surface area contributed by atoms with E-state index in [1.165, 1.54) is 19.3 Å². The van der Waals surface area contributed by atoms with Crippen molar-refractivity contribution in [3.05, 3.63) is 54.1 Å². The highest BCUT2D eigenvalue weighted by atomic mass is 32.1. The van der Waals surface area contributed by atoms with Gasteiger partial charge in [-0.1, -0.05) is 38.3 Å². The van der Waals surface area contributed by atoms with Crippen LogP contribution in [-0.4, -0.2) is 31.5 Å². The van der Waals surface area contributed by atoms with Crippen LogP contribution in [0.5, 0.6) is 5.75 Å². The Morgan fingerprint density at radius 2 is 1.83 bits per heavy atom. The molecule has 0 atom stereocenters. The summed E-state index contributed by atoms with van der Waals surface area (Å²) in [7, 11) is -0.378. The Labute approximate surface area is 177 Å². The lowest BCUT2D eigenvalue weighted by Gasteiger charge is -2.27. The first-order valence-corrected chi connectivity index (χ1v) is 10.3. The van der Waals surface area contributed by atoms with Gasteiger partial charge in [-0.2, -0.15) is 4.99 Å². The molecule has 1 aliphatic heterocycles. The highest BCUT2D eigenvalue weighted by Crippen LogP contribution is 2.19. The summed E-state index contributed by atoms with van der Waals surface area (Å²) in [6, 6.07) is 13.9. The molecule has 2 aromatic rings. The molecule has 0 unspecified atom stereocenters. The predicted octanol–water partition coefficient (Wildman–Crippen LogP) is 4.58. The fraction of sp³-hybridized carbons (Fsp3) is 0.364. The summed E-state index contributed by atoms with van der Waals surface area (Å²) in [5, 5.41) is 2.30. The number of carbonyl (C=O) groups is 1. The molecule has 0 amide bonds. The van der Waals surface area contributed by atoms with Gasteiger partial charge in [-0.15, -0.1) is 0 Å². The zero-order chi connectivity index (χ0) is 20.5. The largest absolute Gasteiger partial charge is 0.493 e. The molecule has 0 aromatic heterocycles. The number of unbranched alkanes of at least 4 members (excludes halogenated alkanes) is 2. The molecule has 3 rings (SSSR count). The molecule has 1 saturated heterocycles. The van der Waals surface area contributed by atoms with E-state index in [1.807, 2.05) is 12.1 Å². The summed E-state index contributed by atoms with van der Waals surface area (Å²) >= 11 is 4.57. The molecule has 1 aliphatic rings. The van der Waals surface area contributed by atoms with Gasteiger partial charge in [-0.3, -0.25) is 0 Å². The number of thiocarbonyl (C=S) groups is 1. The molecule has 150 valence electrons. The first-order chi connectivity index (χ1) is 14.2. The van der Waals surface area contributed by atoms with Crippen molar-refractivity contribution in [2.75, 3.05) is 13.2 Å². The van der Waals surface area contributed by atoms with Crippen molar-refractivity contribution < 1.29 is 18.8 Å². The van der Waals surface area contributed by atoms with Crippen molar-refractivity contribution >= 4 is 41.6 Å². The fourth-order valence-corrected chi connectivity index (χ4v) is 3.27. The molecule has 0 radical (unpaired) electrons. The van der Waals surface area contributed by atoms with Gasteiger partial charge in [-0.25, -0.2) is 4.79 Å². The van der Waals surface area contributed by atoms with Crippen molar-refractivity contribution in [1.29, 1.82) is 0 Å². The van der Waals surface area contributed by atoms with Gasteiger partial charge < -0.3 is 14.0 Å². The molecular weight excluding hydrogens is 385 g/mol. The average Bonchev–Trinajstić information content (AvgIpc) is 2.76. The van der Waals surface area contributed by atoms with Crippen LogP contribution in [0.15, 0.2) is 53.5 Å². The molecule has 5 nitrogen and oxygen atoms in total. The van der Waals surface area contributed by atoms with Crippen LogP contribution < -0.4 is 10.2 Å². The Hall–Kier alpha value is -2.31. The fourth-order valence-electron chi connectivity index (χ4n) is 3.17. The lowest BCUT2D eigenvalue weighted by molar-refractivity contribution is 0.0734. The second-order valence-electron chi connectivity index (χ2n) is 7.07. The standard InChI is InChI=1S/C22H24BNO4S/c1-2-3-4-5-17-14-26-23(27-15-17)19-8-6-18(7-9-19)22(25)28-21-12-10-20(11-13-21)24-16-29/h6-13,17H,2-5,14-15H2,1H3.